The predicted octanol–water partition coefficient (Wildman–Crippen LogP) is 2.39. The number of hydrogen-bond donors (Lipinski definition) is 0. The zero-order valence-corrected chi connectivity index (χ0v) is 15.0. The highest BCUT2D eigenvalue weighted by atomic mass is 16.5. The molecule has 1 saturated heterocycles. The van der Waals surface area contributed by atoms with Crippen LogP contribution >= 0.6 is 0 Å². The molecular formula is C18H24N4O3. The second-order valence-corrected chi connectivity index (χ2v) is 6.44. The molecule has 25 heavy (non-hydrogen) atoms. The molecule has 3 heterocycles. The highest BCUT2D eigenvalue weighted by Crippen LogP contribution is 2.19. The Labute approximate surface area is 147 Å². The lowest BCUT2D eigenvalue weighted by Gasteiger charge is -2.32. The fraction of sp³-hybridized carbons (Fsp3) is 0.556. The van der Waals surface area contributed by atoms with Crippen molar-refractivity contribution < 1.29 is 14.1 Å². The minimum Gasteiger partial charge on any atom is -0.474 e. The van der Waals surface area contributed by atoms with Gasteiger partial charge in [0.2, 0.25) is 11.8 Å². The van der Waals surface area contributed by atoms with E-state index < -0.39 is 0 Å². The van der Waals surface area contributed by atoms with Crippen LogP contribution in [0.4, 0.5) is 0 Å². The van der Waals surface area contributed by atoms with Crippen LogP contribution in [-0.4, -0.2) is 45.1 Å². The fourth-order valence-electron chi connectivity index (χ4n) is 3.14. The molecule has 0 unspecified atom stereocenters. The molecule has 0 spiro atoms. The lowest BCUT2D eigenvalue weighted by atomic mass is 10.0. The third-order valence-corrected chi connectivity index (χ3v) is 4.60. The average molecular weight is 344 g/mol. The second-order valence-electron chi connectivity index (χ2n) is 6.44. The lowest BCUT2D eigenvalue weighted by molar-refractivity contribution is -0.132. The van der Waals surface area contributed by atoms with Gasteiger partial charge in [-0.2, -0.15) is 4.98 Å². The molecule has 0 aromatic carbocycles. The number of ether oxygens (including phenoxy) is 1. The monoisotopic (exact) mass is 344 g/mol. The van der Waals surface area contributed by atoms with E-state index >= 15 is 0 Å². The smallest absolute Gasteiger partial charge is 0.222 e. The topological polar surface area (TPSA) is 81.4 Å². The van der Waals surface area contributed by atoms with Gasteiger partial charge in [0.1, 0.15) is 17.7 Å². The third kappa shape index (κ3) is 4.35. The molecule has 7 heteroatoms. The Balaban J connectivity index is 1.46. The summed E-state index contributed by atoms with van der Waals surface area (Å²) in [6.07, 6.45) is 4.60. The van der Waals surface area contributed by atoms with E-state index in [4.69, 9.17) is 9.26 Å². The molecule has 1 aliphatic rings. The Morgan fingerprint density at radius 3 is 2.72 bits per heavy atom. The number of nitrogens with zero attached hydrogens (tertiary/aromatic N) is 4. The van der Waals surface area contributed by atoms with E-state index in [-0.39, 0.29) is 12.0 Å². The number of likely N-dealkylation sites (tertiary alicyclic amines) is 1. The van der Waals surface area contributed by atoms with Crippen LogP contribution < -0.4 is 4.74 Å². The van der Waals surface area contributed by atoms with Gasteiger partial charge in [-0.25, -0.2) is 4.98 Å². The number of amides is 1. The lowest BCUT2D eigenvalue weighted by Crippen LogP contribution is -2.42. The molecule has 0 saturated carbocycles. The van der Waals surface area contributed by atoms with Crippen LogP contribution in [0.25, 0.3) is 0 Å². The first kappa shape index (κ1) is 17.4. The van der Waals surface area contributed by atoms with Gasteiger partial charge in [-0.1, -0.05) is 5.16 Å². The summed E-state index contributed by atoms with van der Waals surface area (Å²) in [5.41, 5.74) is 1.92. The quantitative estimate of drug-likeness (QED) is 0.828. The number of aromatic nitrogens is 3. The van der Waals surface area contributed by atoms with E-state index in [1.54, 1.807) is 12.3 Å². The fourth-order valence-corrected chi connectivity index (χ4v) is 3.14. The zero-order valence-electron chi connectivity index (χ0n) is 15.0. The molecule has 0 atom stereocenters. The van der Waals surface area contributed by atoms with Crippen LogP contribution in [-0.2, 0) is 11.2 Å². The van der Waals surface area contributed by atoms with Crippen molar-refractivity contribution in [1.29, 1.82) is 0 Å². The summed E-state index contributed by atoms with van der Waals surface area (Å²) < 4.78 is 11.1. The number of hydrogen-bond acceptors (Lipinski definition) is 6. The molecule has 3 rings (SSSR count). The maximum Gasteiger partial charge on any atom is 0.222 e. The third-order valence-electron chi connectivity index (χ3n) is 4.60. The first-order chi connectivity index (χ1) is 12.0. The van der Waals surface area contributed by atoms with Crippen molar-refractivity contribution >= 4 is 5.91 Å². The van der Waals surface area contributed by atoms with E-state index in [1.807, 2.05) is 25.7 Å². The highest BCUT2D eigenvalue weighted by molar-refractivity contribution is 5.76. The van der Waals surface area contributed by atoms with Crippen LogP contribution in [0.2, 0.25) is 0 Å². The molecule has 134 valence electrons. The summed E-state index contributed by atoms with van der Waals surface area (Å²) >= 11 is 0. The Hall–Kier alpha value is -2.44. The number of rotatable bonds is 5. The SMILES string of the molecule is Cc1nccc(OC2CCN(C(=O)CCc3c(C)noc3C)CC2)n1. The van der Waals surface area contributed by atoms with Gasteiger partial charge >= 0.3 is 0 Å². The number of carbonyl (C=O) groups excluding carboxylic acids is 1. The van der Waals surface area contributed by atoms with E-state index in [0.29, 0.717) is 24.5 Å². The molecule has 0 N–H and O–H groups in total. The Bertz CT molecular complexity index is 716. The van der Waals surface area contributed by atoms with Crippen LogP contribution in [0.15, 0.2) is 16.8 Å². The number of carbonyl (C=O) groups is 1. The zero-order chi connectivity index (χ0) is 17.8. The van der Waals surface area contributed by atoms with Gasteiger partial charge in [0.05, 0.1) is 5.69 Å². The van der Waals surface area contributed by atoms with E-state index in [9.17, 15) is 4.79 Å². The minimum atomic E-state index is 0.0981. The summed E-state index contributed by atoms with van der Waals surface area (Å²) in [5, 5.41) is 3.94. The van der Waals surface area contributed by atoms with Gasteiger partial charge in [-0.15, -0.1) is 0 Å². The molecule has 1 fully saturated rings. The minimum absolute atomic E-state index is 0.0981. The van der Waals surface area contributed by atoms with Gasteiger partial charge in [0.15, 0.2) is 0 Å². The Morgan fingerprint density at radius 1 is 1.32 bits per heavy atom. The van der Waals surface area contributed by atoms with Crippen molar-refractivity contribution in [2.75, 3.05) is 13.1 Å². The summed E-state index contributed by atoms with van der Waals surface area (Å²) in [6, 6.07) is 1.77. The summed E-state index contributed by atoms with van der Waals surface area (Å²) in [4.78, 5) is 22.7. The second kappa shape index (κ2) is 7.63. The molecule has 2 aromatic rings. The van der Waals surface area contributed by atoms with Crippen molar-refractivity contribution in [3.05, 3.63) is 35.1 Å². The number of piperidine rings is 1. The van der Waals surface area contributed by atoms with Crippen molar-refractivity contribution in [2.45, 2.75) is 52.6 Å². The molecule has 2 aromatic heterocycles. The Morgan fingerprint density at radius 2 is 2.08 bits per heavy atom. The van der Waals surface area contributed by atoms with Crippen LogP contribution in [0.5, 0.6) is 5.88 Å². The molecular weight excluding hydrogens is 320 g/mol. The molecule has 0 aliphatic carbocycles. The molecule has 1 aliphatic heterocycles. The van der Waals surface area contributed by atoms with Crippen molar-refractivity contribution in [1.82, 2.24) is 20.0 Å². The Kier molecular flexibility index (Phi) is 5.31. The summed E-state index contributed by atoms with van der Waals surface area (Å²) in [5.74, 6) is 2.29. The number of aryl methyl sites for hydroxylation is 3. The van der Waals surface area contributed by atoms with E-state index in [0.717, 1.165) is 42.9 Å². The first-order valence-corrected chi connectivity index (χ1v) is 8.68. The van der Waals surface area contributed by atoms with Crippen molar-refractivity contribution in [3.8, 4) is 5.88 Å². The molecule has 1 amide bonds. The largest absolute Gasteiger partial charge is 0.474 e. The van der Waals surface area contributed by atoms with Crippen LogP contribution in [0.1, 0.15) is 42.1 Å². The maximum absolute atomic E-state index is 12.4. The predicted molar refractivity (Wildman–Crippen MR) is 91.3 cm³/mol. The van der Waals surface area contributed by atoms with Gasteiger partial charge in [0.25, 0.3) is 0 Å². The van der Waals surface area contributed by atoms with Crippen molar-refractivity contribution in [2.24, 2.45) is 0 Å². The maximum atomic E-state index is 12.4. The highest BCUT2D eigenvalue weighted by Gasteiger charge is 2.24. The summed E-state index contributed by atoms with van der Waals surface area (Å²) in [6.45, 7) is 7.07. The standard InChI is InChI=1S/C18H24N4O3/c1-12-16(13(2)25-21-12)4-5-18(23)22-10-7-15(8-11-22)24-17-6-9-19-14(3)20-17/h6,9,15H,4-5,7-8,10-11H2,1-3H3. The normalized spacial score (nSPS) is 15.4. The van der Waals surface area contributed by atoms with Crippen molar-refractivity contribution in [3.63, 3.8) is 0 Å². The molecule has 0 bridgehead atoms. The van der Waals surface area contributed by atoms with Gasteiger partial charge in [0, 0.05) is 50.2 Å². The first-order valence-electron chi connectivity index (χ1n) is 8.68. The van der Waals surface area contributed by atoms with Gasteiger partial charge in [-0.05, 0) is 27.2 Å². The van der Waals surface area contributed by atoms with Gasteiger partial charge < -0.3 is 14.2 Å². The van der Waals surface area contributed by atoms with Crippen LogP contribution in [0.3, 0.4) is 0 Å². The van der Waals surface area contributed by atoms with E-state index in [1.165, 1.54) is 0 Å². The van der Waals surface area contributed by atoms with E-state index in [2.05, 4.69) is 15.1 Å². The van der Waals surface area contributed by atoms with Crippen LogP contribution in [0, 0.1) is 20.8 Å². The summed E-state index contributed by atoms with van der Waals surface area (Å²) in [7, 11) is 0. The van der Waals surface area contributed by atoms with Gasteiger partial charge in [-0.3, -0.25) is 4.79 Å². The molecule has 7 nitrogen and oxygen atoms in total. The molecule has 0 radical (unpaired) electrons. The average Bonchev–Trinajstić information content (AvgIpc) is 2.92.